The molecule has 3 rings (SSSR count). The van der Waals surface area contributed by atoms with Gasteiger partial charge < -0.3 is 5.32 Å². The third kappa shape index (κ3) is 4.72. The number of carbonyl (C=O) groups is 1. The van der Waals surface area contributed by atoms with Gasteiger partial charge in [0.15, 0.2) is 5.82 Å². The van der Waals surface area contributed by atoms with Gasteiger partial charge in [0.25, 0.3) is 0 Å². The highest BCUT2D eigenvalue weighted by atomic mass is 35.5. The topological polar surface area (TPSA) is 64.7 Å². The highest BCUT2D eigenvalue weighted by Gasteiger charge is 2.30. The Bertz CT molecular complexity index is 990. The molecular weight excluding hydrogens is 395 g/mol. The van der Waals surface area contributed by atoms with E-state index in [-0.39, 0.29) is 19.0 Å². The zero-order valence-corrected chi connectivity index (χ0v) is 15.8. The molecule has 0 aliphatic carbocycles. The van der Waals surface area contributed by atoms with Crippen LogP contribution in [0, 0.1) is 13.8 Å². The molecular formula is C18H17ClF3N5O. The van der Waals surface area contributed by atoms with Gasteiger partial charge in [0, 0.05) is 18.0 Å². The van der Waals surface area contributed by atoms with Crippen LogP contribution >= 0.6 is 11.6 Å². The van der Waals surface area contributed by atoms with Gasteiger partial charge in [0.2, 0.25) is 5.91 Å². The first-order valence-corrected chi connectivity index (χ1v) is 8.69. The van der Waals surface area contributed by atoms with Crippen molar-refractivity contribution in [2.24, 2.45) is 0 Å². The van der Waals surface area contributed by atoms with Crippen molar-refractivity contribution in [1.29, 1.82) is 0 Å². The fraction of sp³-hybridized carbons (Fsp3) is 0.278. The van der Waals surface area contributed by atoms with Crippen LogP contribution in [0.4, 0.5) is 19.0 Å². The predicted octanol–water partition coefficient (Wildman–Crippen LogP) is 4.06. The number of anilines is 1. The molecule has 2 heterocycles. The molecule has 28 heavy (non-hydrogen) atoms. The number of amides is 1. The Morgan fingerprint density at radius 3 is 2.61 bits per heavy atom. The molecule has 10 heteroatoms. The average molecular weight is 412 g/mol. The number of rotatable bonds is 5. The monoisotopic (exact) mass is 411 g/mol. The Labute approximate surface area is 163 Å². The van der Waals surface area contributed by atoms with Gasteiger partial charge in [0.1, 0.15) is 6.54 Å². The number of aryl methyl sites for hydroxylation is 2. The predicted molar refractivity (Wildman–Crippen MR) is 98.1 cm³/mol. The lowest BCUT2D eigenvalue weighted by atomic mass is 10.1. The van der Waals surface area contributed by atoms with Gasteiger partial charge >= 0.3 is 6.18 Å². The van der Waals surface area contributed by atoms with Gasteiger partial charge in [-0.1, -0.05) is 23.7 Å². The summed E-state index contributed by atoms with van der Waals surface area (Å²) >= 11 is 5.91. The number of benzene rings is 1. The van der Waals surface area contributed by atoms with E-state index in [1.165, 1.54) is 15.4 Å². The van der Waals surface area contributed by atoms with Crippen molar-refractivity contribution in [3.63, 3.8) is 0 Å². The third-order valence-corrected chi connectivity index (χ3v) is 4.40. The molecule has 0 bridgehead atoms. The van der Waals surface area contributed by atoms with E-state index in [0.29, 0.717) is 27.8 Å². The normalized spacial score (nSPS) is 11.6. The van der Waals surface area contributed by atoms with Crippen molar-refractivity contribution in [2.45, 2.75) is 33.1 Å². The molecule has 0 radical (unpaired) electrons. The number of halogens is 4. The van der Waals surface area contributed by atoms with E-state index >= 15 is 0 Å². The van der Waals surface area contributed by atoms with Crippen molar-refractivity contribution in [3.05, 3.63) is 64.1 Å². The zero-order chi connectivity index (χ0) is 20.5. The Kier molecular flexibility index (Phi) is 5.46. The maximum Gasteiger partial charge on any atom is 0.416 e. The Balaban J connectivity index is 1.68. The number of aromatic nitrogens is 4. The molecule has 1 aromatic carbocycles. The van der Waals surface area contributed by atoms with Crippen molar-refractivity contribution in [1.82, 2.24) is 19.6 Å². The van der Waals surface area contributed by atoms with E-state index in [0.717, 1.165) is 12.1 Å². The van der Waals surface area contributed by atoms with Crippen molar-refractivity contribution in [3.8, 4) is 0 Å². The molecule has 0 aliphatic rings. The Morgan fingerprint density at radius 2 is 1.96 bits per heavy atom. The smallest absolute Gasteiger partial charge is 0.308 e. The summed E-state index contributed by atoms with van der Waals surface area (Å²) in [4.78, 5) is 12.1. The largest absolute Gasteiger partial charge is 0.416 e. The third-order valence-electron chi connectivity index (χ3n) is 4.03. The number of nitrogens with zero attached hydrogens (tertiary/aromatic N) is 4. The molecule has 0 spiro atoms. The van der Waals surface area contributed by atoms with Gasteiger partial charge in [-0.3, -0.25) is 14.2 Å². The number of alkyl halides is 3. The minimum absolute atomic E-state index is 0.0346. The maximum atomic E-state index is 12.9. The fourth-order valence-corrected chi connectivity index (χ4v) is 2.80. The van der Waals surface area contributed by atoms with E-state index in [4.69, 9.17) is 11.6 Å². The lowest BCUT2D eigenvalue weighted by Gasteiger charge is -2.09. The van der Waals surface area contributed by atoms with Crippen LogP contribution in [0.3, 0.4) is 0 Å². The zero-order valence-electron chi connectivity index (χ0n) is 15.1. The molecule has 0 saturated carbocycles. The number of hydrogen-bond acceptors (Lipinski definition) is 3. The summed E-state index contributed by atoms with van der Waals surface area (Å²) in [5.74, 6) is -0.0349. The minimum atomic E-state index is -4.40. The van der Waals surface area contributed by atoms with Crippen molar-refractivity contribution in [2.75, 3.05) is 5.32 Å². The molecule has 2 aromatic heterocycles. The fourth-order valence-electron chi connectivity index (χ4n) is 2.65. The van der Waals surface area contributed by atoms with E-state index in [1.54, 1.807) is 32.2 Å². The van der Waals surface area contributed by atoms with E-state index in [2.05, 4.69) is 15.5 Å². The molecule has 0 fully saturated rings. The highest BCUT2D eigenvalue weighted by Crippen LogP contribution is 2.29. The van der Waals surface area contributed by atoms with E-state index in [1.807, 2.05) is 0 Å². The summed E-state index contributed by atoms with van der Waals surface area (Å²) in [6.07, 6.45) is -2.85. The summed E-state index contributed by atoms with van der Waals surface area (Å²) in [6, 6.07) is 6.71. The second-order valence-electron chi connectivity index (χ2n) is 6.33. The standard InChI is InChI=1S/C18H17ClF3N5O/c1-11-6-16(23-17(28)10-26-9-15(19)12(2)24-26)25-27(11)8-13-4-3-5-14(7-13)18(20,21)22/h3-7,9H,8,10H2,1-2H3,(H,23,25,28). The van der Waals surface area contributed by atoms with Crippen LogP contribution in [0.25, 0.3) is 0 Å². The first-order chi connectivity index (χ1) is 13.1. The van der Waals surface area contributed by atoms with Crippen LogP contribution in [0.2, 0.25) is 5.02 Å². The summed E-state index contributed by atoms with van der Waals surface area (Å²) in [6.45, 7) is 3.61. The van der Waals surface area contributed by atoms with Gasteiger partial charge in [-0.2, -0.15) is 23.4 Å². The summed E-state index contributed by atoms with van der Waals surface area (Å²) in [7, 11) is 0. The molecule has 1 amide bonds. The Morgan fingerprint density at radius 1 is 1.21 bits per heavy atom. The molecule has 148 valence electrons. The minimum Gasteiger partial charge on any atom is -0.308 e. The number of carbonyl (C=O) groups excluding carboxylic acids is 1. The van der Waals surface area contributed by atoms with Gasteiger partial charge in [-0.15, -0.1) is 0 Å². The second-order valence-corrected chi connectivity index (χ2v) is 6.74. The molecule has 0 atom stereocenters. The lowest BCUT2D eigenvalue weighted by Crippen LogP contribution is -2.19. The average Bonchev–Trinajstić information content (AvgIpc) is 3.08. The van der Waals surface area contributed by atoms with Gasteiger partial charge in [-0.05, 0) is 31.5 Å². The first kappa shape index (κ1) is 19.9. The first-order valence-electron chi connectivity index (χ1n) is 8.32. The van der Waals surface area contributed by atoms with Crippen molar-refractivity contribution < 1.29 is 18.0 Å². The summed E-state index contributed by atoms with van der Waals surface area (Å²) in [5, 5.41) is 11.5. The molecule has 0 saturated heterocycles. The van der Waals surface area contributed by atoms with Crippen LogP contribution < -0.4 is 5.32 Å². The van der Waals surface area contributed by atoms with Crippen LogP contribution in [-0.2, 0) is 24.1 Å². The summed E-state index contributed by atoms with van der Waals surface area (Å²) < 4.78 is 41.5. The molecule has 1 N–H and O–H groups in total. The number of nitrogens with one attached hydrogen (secondary N) is 1. The quantitative estimate of drug-likeness (QED) is 0.688. The van der Waals surface area contributed by atoms with Crippen molar-refractivity contribution >= 4 is 23.3 Å². The van der Waals surface area contributed by atoms with Gasteiger partial charge in [-0.25, -0.2) is 0 Å². The van der Waals surface area contributed by atoms with Crippen LogP contribution in [0.1, 0.15) is 22.5 Å². The second kappa shape index (κ2) is 7.67. The van der Waals surface area contributed by atoms with Crippen LogP contribution in [0.5, 0.6) is 0 Å². The van der Waals surface area contributed by atoms with Gasteiger partial charge in [0.05, 0.1) is 22.8 Å². The SMILES string of the molecule is Cc1nn(CC(=O)Nc2cc(C)n(Cc3cccc(C(F)(F)F)c3)n2)cc1Cl. The van der Waals surface area contributed by atoms with E-state index < -0.39 is 11.7 Å². The summed E-state index contributed by atoms with van der Waals surface area (Å²) in [5.41, 5.74) is 1.07. The molecule has 0 unspecified atom stereocenters. The van der Waals surface area contributed by atoms with Crippen LogP contribution in [0.15, 0.2) is 36.5 Å². The molecule has 3 aromatic rings. The molecule has 6 nitrogen and oxygen atoms in total. The lowest BCUT2D eigenvalue weighted by molar-refractivity contribution is -0.137. The maximum absolute atomic E-state index is 12.9. The Hall–Kier alpha value is -2.81. The highest BCUT2D eigenvalue weighted by molar-refractivity contribution is 6.31. The molecule has 0 aliphatic heterocycles. The van der Waals surface area contributed by atoms with Crippen LogP contribution in [-0.4, -0.2) is 25.5 Å². The van der Waals surface area contributed by atoms with E-state index in [9.17, 15) is 18.0 Å². The number of hydrogen-bond donors (Lipinski definition) is 1.